The van der Waals surface area contributed by atoms with Crippen molar-refractivity contribution < 1.29 is 9.18 Å². The standard InChI is InChI=1S/C10H9FN4O/c11-6-2-1-3-7(9(6)10(13)16)15-5-4-8(12)14-15/h1-5H,(H2,12,14)(H2,13,16). The van der Waals surface area contributed by atoms with Gasteiger partial charge in [0.05, 0.1) is 5.69 Å². The van der Waals surface area contributed by atoms with E-state index in [1.807, 2.05) is 0 Å². The molecule has 0 aliphatic heterocycles. The average molecular weight is 220 g/mol. The van der Waals surface area contributed by atoms with Gasteiger partial charge in [-0.25, -0.2) is 9.07 Å². The molecule has 0 saturated heterocycles. The fraction of sp³-hybridized carbons (Fsp3) is 0. The lowest BCUT2D eigenvalue weighted by molar-refractivity contribution is 0.0996. The number of rotatable bonds is 2. The Labute approximate surface area is 90.5 Å². The van der Waals surface area contributed by atoms with Gasteiger partial charge in [-0.05, 0) is 12.1 Å². The molecule has 2 aromatic rings. The first kappa shape index (κ1) is 10.2. The first-order valence-electron chi connectivity index (χ1n) is 4.49. The van der Waals surface area contributed by atoms with Crippen LogP contribution in [0, 0.1) is 5.82 Å². The van der Waals surface area contributed by atoms with Crippen LogP contribution in [0.4, 0.5) is 10.2 Å². The second-order valence-electron chi connectivity index (χ2n) is 3.18. The summed E-state index contributed by atoms with van der Waals surface area (Å²) in [4.78, 5) is 11.1. The Hall–Kier alpha value is -2.37. The number of nitrogens with two attached hydrogens (primary N) is 2. The van der Waals surface area contributed by atoms with Gasteiger partial charge in [-0.15, -0.1) is 0 Å². The fourth-order valence-corrected chi connectivity index (χ4v) is 1.42. The highest BCUT2D eigenvalue weighted by molar-refractivity contribution is 5.96. The molecule has 0 radical (unpaired) electrons. The number of nitrogens with zero attached hydrogens (tertiary/aromatic N) is 2. The van der Waals surface area contributed by atoms with Crippen molar-refractivity contribution in [3.05, 3.63) is 41.8 Å². The zero-order valence-electron chi connectivity index (χ0n) is 8.22. The summed E-state index contributed by atoms with van der Waals surface area (Å²) in [6, 6.07) is 5.71. The summed E-state index contributed by atoms with van der Waals surface area (Å²) in [7, 11) is 0. The number of hydrogen-bond donors (Lipinski definition) is 2. The Morgan fingerprint density at radius 3 is 2.69 bits per heavy atom. The van der Waals surface area contributed by atoms with E-state index in [2.05, 4.69) is 5.10 Å². The van der Waals surface area contributed by atoms with Gasteiger partial charge in [0.1, 0.15) is 17.2 Å². The maximum Gasteiger partial charge on any atom is 0.253 e. The fourth-order valence-electron chi connectivity index (χ4n) is 1.42. The van der Waals surface area contributed by atoms with Crippen molar-refractivity contribution >= 4 is 11.7 Å². The number of primary amides is 1. The number of halogens is 1. The third-order valence-corrected chi connectivity index (χ3v) is 2.09. The summed E-state index contributed by atoms with van der Waals surface area (Å²) in [5.74, 6) is -1.25. The van der Waals surface area contributed by atoms with Gasteiger partial charge in [-0.1, -0.05) is 6.07 Å². The Morgan fingerprint density at radius 2 is 2.12 bits per heavy atom. The minimum atomic E-state index is -0.845. The summed E-state index contributed by atoms with van der Waals surface area (Å²) >= 11 is 0. The Bertz CT molecular complexity index is 550. The average Bonchev–Trinajstić information content (AvgIpc) is 2.63. The van der Waals surface area contributed by atoms with E-state index in [0.717, 1.165) is 6.07 Å². The molecule has 1 amide bonds. The van der Waals surface area contributed by atoms with E-state index in [1.165, 1.54) is 29.1 Å². The van der Waals surface area contributed by atoms with E-state index < -0.39 is 11.7 Å². The molecule has 0 saturated carbocycles. The SMILES string of the molecule is NC(=O)c1c(F)cccc1-n1ccc(N)n1. The van der Waals surface area contributed by atoms with Gasteiger partial charge in [0.25, 0.3) is 5.91 Å². The van der Waals surface area contributed by atoms with Crippen LogP contribution in [0.15, 0.2) is 30.5 Å². The summed E-state index contributed by atoms with van der Waals surface area (Å²) in [6.07, 6.45) is 1.52. The van der Waals surface area contributed by atoms with Crippen LogP contribution in [0.3, 0.4) is 0 Å². The molecule has 1 aromatic heterocycles. The summed E-state index contributed by atoms with van der Waals surface area (Å²) in [5, 5.41) is 3.89. The van der Waals surface area contributed by atoms with E-state index >= 15 is 0 Å². The van der Waals surface area contributed by atoms with Gasteiger partial charge in [0.15, 0.2) is 0 Å². The van der Waals surface area contributed by atoms with Crippen molar-refractivity contribution in [2.45, 2.75) is 0 Å². The van der Waals surface area contributed by atoms with Crippen LogP contribution in [0.5, 0.6) is 0 Å². The van der Waals surface area contributed by atoms with Gasteiger partial charge < -0.3 is 11.5 Å². The van der Waals surface area contributed by atoms with Gasteiger partial charge in [-0.3, -0.25) is 4.79 Å². The van der Waals surface area contributed by atoms with E-state index in [0.29, 0.717) is 0 Å². The first-order valence-corrected chi connectivity index (χ1v) is 4.49. The van der Waals surface area contributed by atoms with Crippen molar-refractivity contribution in [2.75, 3.05) is 5.73 Å². The van der Waals surface area contributed by atoms with Gasteiger partial charge in [-0.2, -0.15) is 5.10 Å². The molecule has 6 heteroatoms. The number of benzene rings is 1. The van der Waals surface area contributed by atoms with Crippen molar-refractivity contribution in [2.24, 2.45) is 5.73 Å². The number of nitrogen functional groups attached to an aromatic ring is 1. The van der Waals surface area contributed by atoms with E-state index in [1.54, 1.807) is 0 Å². The quantitative estimate of drug-likeness (QED) is 0.780. The summed E-state index contributed by atoms with van der Waals surface area (Å²) in [5.41, 5.74) is 10.6. The highest BCUT2D eigenvalue weighted by Gasteiger charge is 2.15. The molecule has 0 spiro atoms. The van der Waals surface area contributed by atoms with Crippen LogP contribution in [0.25, 0.3) is 5.69 Å². The third kappa shape index (κ3) is 1.60. The summed E-state index contributed by atoms with van der Waals surface area (Å²) in [6.45, 7) is 0. The highest BCUT2D eigenvalue weighted by atomic mass is 19.1. The summed E-state index contributed by atoms with van der Waals surface area (Å²) < 4.78 is 14.7. The molecule has 5 nitrogen and oxygen atoms in total. The molecule has 1 aromatic carbocycles. The Morgan fingerprint density at radius 1 is 1.38 bits per heavy atom. The van der Waals surface area contributed by atoms with E-state index in [-0.39, 0.29) is 17.1 Å². The number of carbonyl (C=O) groups is 1. The Balaban J connectivity index is 2.65. The zero-order chi connectivity index (χ0) is 11.7. The molecule has 0 aliphatic carbocycles. The molecule has 4 N–H and O–H groups in total. The zero-order valence-corrected chi connectivity index (χ0v) is 8.22. The van der Waals surface area contributed by atoms with Crippen molar-refractivity contribution in [1.29, 1.82) is 0 Å². The minimum Gasteiger partial charge on any atom is -0.382 e. The molecule has 0 unspecified atom stereocenters. The van der Waals surface area contributed by atoms with Crippen LogP contribution in [0.2, 0.25) is 0 Å². The van der Waals surface area contributed by atoms with Crippen molar-refractivity contribution in [1.82, 2.24) is 9.78 Å². The molecule has 0 bridgehead atoms. The number of anilines is 1. The van der Waals surface area contributed by atoms with Crippen molar-refractivity contribution in [3.63, 3.8) is 0 Å². The maximum atomic E-state index is 13.4. The van der Waals surface area contributed by atoms with Gasteiger partial charge in [0, 0.05) is 12.3 Å². The molecule has 16 heavy (non-hydrogen) atoms. The topological polar surface area (TPSA) is 86.9 Å². The highest BCUT2D eigenvalue weighted by Crippen LogP contribution is 2.17. The van der Waals surface area contributed by atoms with Gasteiger partial charge in [0.2, 0.25) is 0 Å². The first-order chi connectivity index (χ1) is 7.59. The van der Waals surface area contributed by atoms with Gasteiger partial charge >= 0.3 is 0 Å². The second-order valence-corrected chi connectivity index (χ2v) is 3.18. The van der Waals surface area contributed by atoms with E-state index in [9.17, 15) is 9.18 Å². The molecule has 0 aliphatic rings. The lowest BCUT2D eigenvalue weighted by atomic mass is 10.1. The van der Waals surface area contributed by atoms with Crippen LogP contribution >= 0.6 is 0 Å². The number of carbonyl (C=O) groups excluding carboxylic acids is 1. The molecule has 0 atom stereocenters. The maximum absolute atomic E-state index is 13.4. The smallest absolute Gasteiger partial charge is 0.253 e. The largest absolute Gasteiger partial charge is 0.382 e. The molecular weight excluding hydrogens is 211 g/mol. The molecule has 1 heterocycles. The monoisotopic (exact) mass is 220 g/mol. The lowest BCUT2D eigenvalue weighted by Crippen LogP contribution is -2.17. The Kier molecular flexibility index (Phi) is 2.32. The molecule has 0 fully saturated rings. The van der Waals surface area contributed by atoms with E-state index in [4.69, 9.17) is 11.5 Å². The molecular formula is C10H9FN4O. The predicted octanol–water partition coefficient (Wildman–Crippen LogP) is 0.693. The van der Waals surface area contributed by atoms with Crippen LogP contribution in [0.1, 0.15) is 10.4 Å². The lowest BCUT2D eigenvalue weighted by Gasteiger charge is -2.07. The number of aromatic nitrogens is 2. The molecule has 2 rings (SSSR count). The number of hydrogen-bond acceptors (Lipinski definition) is 3. The third-order valence-electron chi connectivity index (χ3n) is 2.09. The van der Waals surface area contributed by atoms with Crippen LogP contribution < -0.4 is 11.5 Å². The molecule has 82 valence electrons. The van der Waals surface area contributed by atoms with Crippen LogP contribution in [-0.2, 0) is 0 Å². The minimum absolute atomic E-state index is 0.203. The predicted molar refractivity (Wildman–Crippen MR) is 56.5 cm³/mol. The van der Waals surface area contributed by atoms with Crippen molar-refractivity contribution in [3.8, 4) is 5.69 Å². The van der Waals surface area contributed by atoms with Crippen LogP contribution in [-0.4, -0.2) is 15.7 Å². The normalized spacial score (nSPS) is 10.3. The second kappa shape index (κ2) is 3.65. The number of amides is 1.